The summed E-state index contributed by atoms with van der Waals surface area (Å²) in [4.78, 5) is 5.12. The lowest BCUT2D eigenvalue weighted by molar-refractivity contribution is 0.202. The van der Waals surface area contributed by atoms with Gasteiger partial charge in [0.05, 0.1) is 11.5 Å². The summed E-state index contributed by atoms with van der Waals surface area (Å²) in [6.07, 6.45) is 6.08. The molecule has 2 rings (SSSR count). The van der Waals surface area contributed by atoms with Crippen molar-refractivity contribution < 1.29 is 5.11 Å². The van der Waals surface area contributed by atoms with Crippen LogP contribution >= 0.6 is 11.3 Å². The molecule has 0 aliphatic heterocycles. The molecule has 0 radical (unpaired) electrons. The van der Waals surface area contributed by atoms with E-state index in [1.54, 1.807) is 11.3 Å². The van der Waals surface area contributed by atoms with Crippen molar-refractivity contribution in [3.63, 3.8) is 0 Å². The van der Waals surface area contributed by atoms with Gasteiger partial charge in [-0.3, -0.25) is 4.90 Å². The van der Waals surface area contributed by atoms with E-state index in [1.807, 2.05) is 0 Å². The minimum Gasteiger partial charge on any atom is -0.395 e. The summed E-state index contributed by atoms with van der Waals surface area (Å²) in [5, 5.41) is 8.72. The van der Waals surface area contributed by atoms with Gasteiger partial charge in [0.1, 0.15) is 0 Å². The van der Waals surface area contributed by atoms with E-state index >= 15 is 0 Å². The Morgan fingerprint density at radius 3 is 2.84 bits per heavy atom. The third-order valence-electron chi connectivity index (χ3n) is 3.72. The van der Waals surface area contributed by atoms with Gasteiger partial charge in [0.25, 0.3) is 0 Å². The van der Waals surface area contributed by atoms with Crippen molar-refractivity contribution in [3.8, 4) is 11.8 Å². The summed E-state index contributed by atoms with van der Waals surface area (Å²) in [5.41, 5.74) is 0. The molecule has 19 heavy (non-hydrogen) atoms. The van der Waals surface area contributed by atoms with Gasteiger partial charge in [-0.2, -0.15) is 0 Å². The molecular formula is C16H23NOS. The van der Waals surface area contributed by atoms with Crippen LogP contribution in [0.1, 0.15) is 48.8 Å². The maximum atomic E-state index is 8.72. The van der Waals surface area contributed by atoms with E-state index in [-0.39, 0.29) is 6.61 Å². The molecule has 1 fully saturated rings. The summed E-state index contributed by atoms with van der Waals surface area (Å²) >= 11 is 1.79. The Bertz CT molecular complexity index is 437. The zero-order chi connectivity index (χ0) is 13.5. The van der Waals surface area contributed by atoms with E-state index in [9.17, 15) is 0 Å². The maximum absolute atomic E-state index is 8.72. The van der Waals surface area contributed by atoms with Crippen LogP contribution < -0.4 is 0 Å². The van der Waals surface area contributed by atoms with Gasteiger partial charge in [-0.25, -0.2) is 0 Å². The summed E-state index contributed by atoms with van der Waals surface area (Å²) in [5.74, 6) is 6.10. The Kier molecular flexibility index (Phi) is 5.91. The number of aliphatic hydroxyl groups excluding tert-OH is 1. The monoisotopic (exact) mass is 277 g/mol. The van der Waals surface area contributed by atoms with Crippen LogP contribution in [0.2, 0.25) is 0 Å². The summed E-state index contributed by atoms with van der Waals surface area (Å²) < 4.78 is 0. The molecule has 0 atom stereocenters. The predicted molar refractivity (Wildman–Crippen MR) is 81.2 cm³/mol. The predicted octanol–water partition coefficient (Wildman–Crippen LogP) is 3.25. The number of nitrogens with zero attached hydrogens (tertiary/aromatic N) is 1. The smallest absolute Gasteiger partial charge is 0.0771 e. The first-order valence-electron chi connectivity index (χ1n) is 7.26. The van der Waals surface area contributed by atoms with Crippen LogP contribution in [0.5, 0.6) is 0 Å². The van der Waals surface area contributed by atoms with Gasteiger partial charge >= 0.3 is 0 Å². The first-order valence-corrected chi connectivity index (χ1v) is 8.07. The Balaban J connectivity index is 1.92. The van der Waals surface area contributed by atoms with Gasteiger partial charge in [0, 0.05) is 23.9 Å². The van der Waals surface area contributed by atoms with Gasteiger partial charge in [-0.05, 0) is 31.5 Å². The lowest BCUT2D eigenvalue weighted by atomic mass is 10.2. The highest BCUT2D eigenvalue weighted by Crippen LogP contribution is 2.26. The van der Waals surface area contributed by atoms with Crippen molar-refractivity contribution >= 4 is 11.3 Å². The molecule has 1 aliphatic rings. The number of hydrogen-bond acceptors (Lipinski definition) is 3. The third-order valence-corrected chi connectivity index (χ3v) is 4.70. The Morgan fingerprint density at radius 1 is 1.37 bits per heavy atom. The fourth-order valence-corrected chi connectivity index (χ4v) is 3.61. The highest BCUT2D eigenvalue weighted by molar-refractivity contribution is 7.12. The van der Waals surface area contributed by atoms with Gasteiger partial charge in [0.2, 0.25) is 0 Å². The minimum absolute atomic E-state index is 0.149. The van der Waals surface area contributed by atoms with Crippen LogP contribution in [0.25, 0.3) is 0 Å². The highest BCUT2D eigenvalue weighted by atomic mass is 32.1. The topological polar surface area (TPSA) is 23.5 Å². The number of thiophene rings is 1. The van der Waals surface area contributed by atoms with Crippen molar-refractivity contribution in [2.24, 2.45) is 0 Å². The first-order chi connectivity index (χ1) is 9.33. The molecule has 1 saturated carbocycles. The quantitative estimate of drug-likeness (QED) is 0.835. The zero-order valence-corrected chi connectivity index (χ0v) is 12.5. The fraction of sp³-hybridized carbons (Fsp3) is 0.625. The van der Waals surface area contributed by atoms with Crippen LogP contribution in [0, 0.1) is 11.8 Å². The van der Waals surface area contributed by atoms with E-state index < -0.39 is 0 Å². The second kappa shape index (κ2) is 7.69. The summed E-state index contributed by atoms with van der Waals surface area (Å²) in [6, 6.07) is 5.09. The molecule has 3 heteroatoms. The van der Waals surface area contributed by atoms with E-state index in [0.717, 1.165) is 24.0 Å². The molecule has 104 valence electrons. The van der Waals surface area contributed by atoms with Gasteiger partial charge in [-0.15, -0.1) is 11.3 Å². The van der Waals surface area contributed by atoms with Gasteiger partial charge in [0.15, 0.2) is 0 Å². The van der Waals surface area contributed by atoms with Gasteiger partial charge in [-0.1, -0.05) is 31.6 Å². The minimum atomic E-state index is 0.149. The lowest BCUT2D eigenvalue weighted by Crippen LogP contribution is -2.32. The maximum Gasteiger partial charge on any atom is 0.0771 e. The molecule has 0 spiro atoms. The average Bonchev–Trinajstić information content (AvgIpc) is 3.07. The third kappa shape index (κ3) is 4.35. The van der Waals surface area contributed by atoms with E-state index in [2.05, 4.69) is 35.8 Å². The Hall–Kier alpha value is -0.820. The van der Waals surface area contributed by atoms with E-state index in [4.69, 9.17) is 5.11 Å². The van der Waals surface area contributed by atoms with Crippen molar-refractivity contribution in [2.75, 3.05) is 13.2 Å². The standard InChI is InChI=1S/C16H23NOS/c1-2-17(14-7-3-4-8-14)13-16-11-10-15(19-16)9-5-6-12-18/h10-11,14,18H,2-4,6-8,12-13H2,1H3. The molecule has 1 aliphatic carbocycles. The van der Waals surface area contributed by atoms with Gasteiger partial charge < -0.3 is 5.11 Å². The Morgan fingerprint density at radius 2 is 2.16 bits per heavy atom. The van der Waals surface area contributed by atoms with Crippen molar-refractivity contribution in [2.45, 2.75) is 51.6 Å². The molecule has 0 aromatic carbocycles. The first kappa shape index (κ1) is 14.6. The SMILES string of the molecule is CCN(Cc1ccc(C#CCCO)s1)C1CCCC1. The summed E-state index contributed by atoms with van der Waals surface area (Å²) in [6.45, 7) is 4.60. The number of hydrogen-bond donors (Lipinski definition) is 1. The molecule has 0 unspecified atom stereocenters. The molecule has 0 amide bonds. The molecular weight excluding hydrogens is 254 g/mol. The van der Waals surface area contributed by atoms with Crippen molar-refractivity contribution in [1.29, 1.82) is 0 Å². The molecule has 0 saturated heterocycles. The molecule has 1 aromatic rings. The fourth-order valence-electron chi connectivity index (χ4n) is 2.70. The number of aliphatic hydroxyl groups is 1. The van der Waals surface area contributed by atoms with Crippen LogP contribution in [-0.4, -0.2) is 29.2 Å². The normalized spacial score (nSPS) is 15.7. The van der Waals surface area contributed by atoms with Crippen LogP contribution in [0.4, 0.5) is 0 Å². The molecule has 0 bridgehead atoms. The largest absolute Gasteiger partial charge is 0.395 e. The highest BCUT2D eigenvalue weighted by Gasteiger charge is 2.21. The van der Waals surface area contributed by atoms with E-state index in [1.165, 1.54) is 30.6 Å². The Labute approximate surface area is 120 Å². The second-order valence-corrected chi connectivity index (χ2v) is 6.21. The molecule has 1 N–H and O–H groups in total. The zero-order valence-electron chi connectivity index (χ0n) is 11.7. The van der Waals surface area contributed by atoms with Crippen LogP contribution in [0.3, 0.4) is 0 Å². The van der Waals surface area contributed by atoms with Crippen molar-refractivity contribution in [1.82, 2.24) is 4.90 Å². The van der Waals surface area contributed by atoms with E-state index in [0.29, 0.717) is 6.42 Å². The van der Waals surface area contributed by atoms with Crippen LogP contribution in [0.15, 0.2) is 12.1 Å². The lowest BCUT2D eigenvalue weighted by Gasteiger charge is -2.26. The average molecular weight is 277 g/mol. The number of rotatable bonds is 5. The molecule has 1 heterocycles. The second-order valence-electron chi connectivity index (χ2n) is 5.04. The van der Waals surface area contributed by atoms with Crippen LogP contribution in [-0.2, 0) is 6.54 Å². The molecule has 2 nitrogen and oxygen atoms in total. The van der Waals surface area contributed by atoms with Crippen molar-refractivity contribution in [3.05, 3.63) is 21.9 Å². The summed E-state index contributed by atoms with van der Waals surface area (Å²) in [7, 11) is 0. The molecule has 1 aromatic heterocycles.